The predicted octanol–water partition coefficient (Wildman–Crippen LogP) is 6.89. The van der Waals surface area contributed by atoms with Crippen LogP contribution < -0.4 is 0 Å². The standard InChI is InChI=1S/C28H40O3/c1-9-11-21-16-22-17(2)12-10-13-23(28(6,7)8)18(3)14-19(4)25(22)27(31)26(21)24(30)15-20(5)29/h10,13,21,26H,9,11-12,14-16H2,1-8H3. The molecule has 0 radical (unpaired) electrons. The average Bonchev–Trinajstić information content (AvgIpc) is 2.62. The fourth-order valence-electron chi connectivity index (χ4n) is 5.35. The molecule has 170 valence electrons. The van der Waals surface area contributed by atoms with Gasteiger partial charge < -0.3 is 0 Å². The molecule has 3 heteroatoms. The van der Waals surface area contributed by atoms with Gasteiger partial charge in [0, 0.05) is 5.57 Å². The number of carbonyl (C=O) groups is 3. The third kappa shape index (κ3) is 5.81. The van der Waals surface area contributed by atoms with E-state index in [9.17, 15) is 14.4 Å². The fourth-order valence-corrected chi connectivity index (χ4v) is 5.35. The maximum atomic E-state index is 13.8. The lowest BCUT2D eigenvalue weighted by Gasteiger charge is -2.35. The number of Topliss-reactive ketones (excluding diaryl/α,β-unsaturated/α-hetero) is 3. The van der Waals surface area contributed by atoms with Crippen molar-refractivity contribution < 1.29 is 14.4 Å². The van der Waals surface area contributed by atoms with Crippen molar-refractivity contribution in [2.75, 3.05) is 0 Å². The number of fused-ring (bicyclic) bond motifs is 1. The monoisotopic (exact) mass is 424 g/mol. The van der Waals surface area contributed by atoms with E-state index in [-0.39, 0.29) is 35.1 Å². The van der Waals surface area contributed by atoms with E-state index in [0.29, 0.717) is 0 Å². The maximum absolute atomic E-state index is 13.8. The van der Waals surface area contributed by atoms with Crippen LogP contribution in [0.4, 0.5) is 0 Å². The minimum atomic E-state index is -0.685. The third-order valence-electron chi connectivity index (χ3n) is 6.65. The third-order valence-corrected chi connectivity index (χ3v) is 6.65. The molecule has 2 rings (SSSR count). The minimum absolute atomic E-state index is 0.0143. The molecule has 1 fully saturated rings. The Hall–Kier alpha value is -2.03. The molecule has 0 bridgehead atoms. The first-order valence-corrected chi connectivity index (χ1v) is 11.7. The molecule has 2 unspecified atom stereocenters. The maximum Gasteiger partial charge on any atom is 0.173 e. The SMILES string of the molecule is CCCC1CC2=C(C)CC=CC(C(C)(C)C)=C(C)CC(C)=C2C(=O)C1C(=O)CC(C)=O. The molecule has 2 aliphatic carbocycles. The molecule has 0 N–H and O–H groups in total. The summed E-state index contributed by atoms with van der Waals surface area (Å²) in [6.45, 7) is 16.5. The first kappa shape index (κ1) is 25.2. The Morgan fingerprint density at radius 3 is 2.26 bits per heavy atom. The Morgan fingerprint density at radius 1 is 1.06 bits per heavy atom. The molecule has 0 aliphatic heterocycles. The van der Waals surface area contributed by atoms with Crippen molar-refractivity contribution in [3.8, 4) is 0 Å². The van der Waals surface area contributed by atoms with Crippen LogP contribution in [-0.2, 0) is 14.4 Å². The van der Waals surface area contributed by atoms with E-state index in [1.54, 1.807) is 0 Å². The van der Waals surface area contributed by atoms with Gasteiger partial charge in [0.25, 0.3) is 0 Å². The molecule has 0 aromatic rings. The van der Waals surface area contributed by atoms with Crippen LogP contribution in [0.15, 0.2) is 45.6 Å². The average molecular weight is 425 g/mol. The first-order chi connectivity index (χ1) is 14.4. The van der Waals surface area contributed by atoms with Gasteiger partial charge in [0.05, 0.1) is 12.3 Å². The Kier molecular flexibility index (Phi) is 8.19. The van der Waals surface area contributed by atoms with Crippen molar-refractivity contribution in [2.24, 2.45) is 17.3 Å². The van der Waals surface area contributed by atoms with E-state index >= 15 is 0 Å². The Bertz CT molecular complexity index is 884. The molecule has 0 saturated heterocycles. The molecule has 2 aliphatic rings. The van der Waals surface area contributed by atoms with Crippen molar-refractivity contribution in [1.82, 2.24) is 0 Å². The van der Waals surface area contributed by atoms with Crippen molar-refractivity contribution in [3.05, 3.63) is 45.6 Å². The van der Waals surface area contributed by atoms with Crippen molar-refractivity contribution in [3.63, 3.8) is 0 Å². The summed E-state index contributed by atoms with van der Waals surface area (Å²) in [6, 6.07) is 0. The summed E-state index contributed by atoms with van der Waals surface area (Å²) in [4.78, 5) is 38.5. The summed E-state index contributed by atoms with van der Waals surface area (Å²) in [6.07, 6.45) is 8.35. The van der Waals surface area contributed by atoms with E-state index in [4.69, 9.17) is 0 Å². The first-order valence-electron chi connectivity index (χ1n) is 11.7. The zero-order chi connectivity index (χ0) is 23.5. The molecular weight excluding hydrogens is 384 g/mol. The molecule has 31 heavy (non-hydrogen) atoms. The molecule has 0 aromatic heterocycles. The highest BCUT2D eigenvalue weighted by Crippen LogP contribution is 2.43. The van der Waals surface area contributed by atoms with Crippen LogP contribution in [0, 0.1) is 17.3 Å². The quantitative estimate of drug-likeness (QED) is 0.452. The number of rotatable bonds is 5. The van der Waals surface area contributed by atoms with E-state index in [1.807, 2.05) is 6.92 Å². The highest BCUT2D eigenvalue weighted by molar-refractivity contribution is 6.17. The highest BCUT2D eigenvalue weighted by Gasteiger charge is 2.42. The zero-order valence-corrected chi connectivity index (χ0v) is 20.8. The summed E-state index contributed by atoms with van der Waals surface area (Å²) < 4.78 is 0. The lowest BCUT2D eigenvalue weighted by atomic mass is 9.66. The second kappa shape index (κ2) is 10.1. The van der Waals surface area contributed by atoms with Crippen LogP contribution in [0.25, 0.3) is 0 Å². The summed E-state index contributed by atoms with van der Waals surface area (Å²) in [5.74, 6) is -1.12. The van der Waals surface area contributed by atoms with Gasteiger partial charge in [0.15, 0.2) is 11.6 Å². The van der Waals surface area contributed by atoms with Gasteiger partial charge in [-0.05, 0) is 75.9 Å². The second-order valence-electron chi connectivity index (χ2n) is 10.6. The molecule has 0 aromatic carbocycles. The molecule has 0 amide bonds. The van der Waals surface area contributed by atoms with Gasteiger partial charge in [0.2, 0.25) is 0 Å². The molecule has 0 heterocycles. The number of allylic oxidation sites excluding steroid dienone is 8. The summed E-state index contributed by atoms with van der Waals surface area (Å²) in [5, 5.41) is 0. The van der Waals surface area contributed by atoms with Gasteiger partial charge in [0.1, 0.15) is 5.78 Å². The lowest BCUT2D eigenvalue weighted by molar-refractivity contribution is -0.135. The van der Waals surface area contributed by atoms with Crippen LogP contribution in [0.3, 0.4) is 0 Å². The van der Waals surface area contributed by atoms with Crippen LogP contribution in [0.5, 0.6) is 0 Å². The van der Waals surface area contributed by atoms with Crippen LogP contribution in [0.1, 0.15) is 93.9 Å². The summed E-state index contributed by atoms with van der Waals surface area (Å²) in [7, 11) is 0. The van der Waals surface area contributed by atoms with Gasteiger partial charge in [-0.1, -0.05) is 63.0 Å². The molecule has 0 spiro atoms. The van der Waals surface area contributed by atoms with Gasteiger partial charge in [-0.25, -0.2) is 0 Å². The van der Waals surface area contributed by atoms with Crippen LogP contribution in [0.2, 0.25) is 0 Å². The molecule has 3 nitrogen and oxygen atoms in total. The largest absolute Gasteiger partial charge is 0.300 e. The Morgan fingerprint density at radius 2 is 1.71 bits per heavy atom. The highest BCUT2D eigenvalue weighted by atomic mass is 16.2. The van der Waals surface area contributed by atoms with E-state index < -0.39 is 5.92 Å². The molecule has 2 atom stereocenters. The zero-order valence-electron chi connectivity index (χ0n) is 20.8. The number of ketones is 3. The second-order valence-corrected chi connectivity index (χ2v) is 10.6. The topological polar surface area (TPSA) is 51.2 Å². The van der Waals surface area contributed by atoms with Gasteiger partial charge >= 0.3 is 0 Å². The summed E-state index contributed by atoms with van der Waals surface area (Å²) in [5.41, 5.74) is 6.74. The van der Waals surface area contributed by atoms with Gasteiger partial charge in [-0.15, -0.1) is 0 Å². The minimum Gasteiger partial charge on any atom is -0.300 e. The van der Waals surface area contributed by atoms with Crippen LogP contribution >= 0.6 is 0 Å². The van der Waals surface area contributed by atoms with Crippen LogP contribution in [-0.4, -0.2) is 17.3 Å². The predicted molar refractivity (Wildman–Crippen MR) is 128 cm³/mol. The molecule has 1 saturated carbocycles. The number of carbonyl (C=O) groups excluding carboxylic acids is 3. The number of hydrogen-bond acceptors (Lipinski definition) is 3. The van der Waals surface area contributed by atoms with E-state index in [2.05, 4.69) is 53.7 Å². The van der Waals surface area contributed by atoms with Crippen molar-refractivity contribution >= 4 is 17.3 Å². The summed E-state index contributed by atoms with van der Waals surface area (Å²) >= 11 is 0. The Balaban J connectivity index is 2.65. The van der Waals surface area contributed by atoms with E-state index in [0.717, 1.165) is 48.8 Å². The normalized spacial score (nSPS) is 23.3. The van der Waals surface area contributed by atoms with Crippen molar-refractivity contribution in [1.29, 1.82) is 0 Å². The van der Waals surface area contributed by atoms with E-state index in [1.165, 1.54) is 23.6 Å². The Labute approximate surface area is 188 Å². The van der Waals surface area contributed by atoms with Crippen molar-refractivity contribution in [2.45, 2.75) is 93.9 Å². The number of hydrogen-bond donors (Lipinski definition) is 0. The van der Waals surface area contributed by atoms with Gasteiger partial charge in [-0.3, -0.25) is 14.4 Å². The smallest absolute Gasteiger partial charge is 0.173 e. The fraction of sp³-hybridized carbons (Fsp3) is 0.607. The lowest BCUT2D eigenvalue weighted by Crippen LogP contribution is -2.39. The molecular formula is C28H40O3. The van der Waals surface area contributed by atoms with Gasteiger partial charge in [-0.2, -0.15) is 0 Å².